The lowest BCUT2D eigenvalue weighted by atomic mass is 9.89. The summed E-state index contributed by atoms with van der Waals surface area (Å²) in [5.74, 6) is 1.34. The Hall–Kier alpha value is -1.39. The zero-order valence-electron chi connectivity index (χ0n) is 15.5. The summed E-state index contributed by atoms with van der Waals surface area (Å²) in [4.78, 5) is 13.8. The van der Waals surface area contributed by atoms with Crippen LogP contribution >= 0.6 is 0 Å². The average Bonchev–Trinajstić information content (AvgIpc) is 2.68. The van der Waals surface area contributed by atoms with Gasteiger partial charge < -0.3 is 10.1 Å². The van der Waals surface area contributed by atoms with Crippen molar-refractivity contribution in [1.82, 2.24) is 10.2 Å². The van der Waals surface area contributed by atoms with E-state index in [4.69, 9.17) is 4.74 Å². The van der Waals surface area contributed by atoms with Gasteiger partial charge in [-0.1, -0.05) is 24.3 Å². The highest BCUT2D eigenvalue weighted by atomic mass is 16.5. The zero-order chi connectivity index (χ0) is 17.5. The second kappa shape index (κ2) is 9.35. The van der Waals surface area contributed by atoms with Crippen molar-refractivity contribution < 1.29 is 9.53 Å². The number of carbonyl (C=O) groups is 1. The van der Waals surface area contributed by atoms with Crippen LogP contribution in [0.3, 0.4) is 0 Å². The SMILES string of the molecule is COC(=O)CCC1CCN(Cc2ccc(C3CCNCC3)cc2)CC1. The Morgan fingerprint density at radius 1 is 1.12 bits per heavy atom. The number of nitrogens with one attached hydrogen (secondary N) is 1. The van der Waals surface area contributed by atoms with Gasteiger partial charge in [0.1, 0.15) is 0 Å². The number of piperidine rings is 2. The third-order valence-electron chi connectivity index (χ3n) is 5.89. The highest BCUT2D eigenvalue weighted by Gasteiger charge is 2.20. The summed E-state index contributed by atoms with van der Waals surface area (Å²) >= 11 is 0. The lowest BCUT2D eigenvalue weighted by molar-refractivity contribution is -0.141. The van der Waals surface area contributed by atoms with Crippen LogP contribution in [0.2, 0.25) is 0 Å². The molecule has 4 heteroatoms. The quantitative estimate of drug-likeness (QED) is 0.804. The predicted octanol–water partition coefficient (Wildman–Crippen LogP) is 3.32. The van der Waals surface area contributed by atoms with E-state index < -0.39 is 0 Å². The first-order valence-electron chi connectivity index (χ1n) is 9.83. The fraction of sp³-hybridized carbons (Fsp3) is 0.667. The highest BCUT2D eigenvalue weighted by Crippen LogP contribution is 2.26. The summed E-state index contributed by atoms with van der Waals surface area (Å²) in [7, 11) is 1.47. The number of likely N-dealkylation sites (tertiary alicyclic amines) is 1. The van der Waals surface area contributed by atoms with Crippen molar-refractivity contribution >= 4 is 5.97 Å². The van der Waals surface area contributed by atoms with Crippen molar-refractivity contribution in [2.24, 2.45) is 5.92 Å². The van der Waals surface area contributed by atoms with E-state index in [1.54, 1.807) is 0 Å². The van der Waals surface area contributed by atoms with Crippen molar-refractivity contribution in [3.8, 4) is 0 Å². The predicted molar refractivity (Wildman–Crippen MR) is 101 cm³/mol. The van der Waals surface area contributed by atoms with Crippen molar-refractivity contribution in [1.29, 1.82) is 0 Å². The normalized spacial score (nSPS) is 20.5. The molecule has 0 aliphatic carbocycles. The summed E-state index contributed by atoms with van der Waals surface area (Å²) in [6, 6.07) is 9.32. The van der Waals surface area contributed by atoms with Gasteiger partial charge in [0.15, 0.2) is 0 Å². The minimum absolute atomic E-state index is 0.0729. The van der Waals surface area contributed by atoms with E-state index in [1.807, 2.05) is 0 Å². The summed E-state index contributed by atoms with van der Waals surface area (Å²) < 4.78 is 4.74. The molecule has 2 heterocycles. The summed E-state index contributed by atoms with van der Waals surface area (Å²) in [5, 5.41) is 3.44. The molecule has 0 saturated carbocycles. The third-order valence-corrected chi connectivity index (χ3v) is 5.89. The Labute approximate surface area is 151 Å². The van der Waals surface area contributed by atoms with Crippen LogP contribution in [0.25, 0.3) is 0 Å². The first-order valence-corrected chi connectivity index (χ1v) is 9.83. The first kappa shape index (κ1) is 18.4. The van der Waals surface area contributed by atoms with Gasteiger partial charge in [-0.15, -0.1) is 0 Å². The van der Waals surface area contributed by atoms with E-state index >= 15 is 0 Å². The molecule has 0 unspecified atom stereocenters. The number of carbonyl (C=O) groups excluding carboxylic acids is 1. The Kier molecular flexibility index (Phi) is 6.88. The second-order valence-corrected chi connectivity index (χ2v) is 7.60. The minimum atomic E-state index is -0.0729. The monoisotopic (exact) mass is 344 g/mol. The lowest BCUT2D eigenvalue weighted by Gasteiger charge is -2.32. The molecule has 2 aliphatic heterocycles. The fourth-order valence-corrected chi connectivity index (χ4v) is 4.17. The molecule has 3 rings (SSSR count). The number of benzene rings is 1. The zero-order valence-corrected chi connectivity index (χ0v) is 15.5. The third kappa shape index (κ3) is 5.55. The molecule has 4 nitrogen and oxygen atoms in total. The van der Waals surface area contributed by atoms with E-state index in [-0.39, 0.29) is 5.97 Å². The molecule has 2 saturated heterocycles. The van der Waals surface area contributed by atoms with Gasteiger partial charge in [-0.2, -0.15) is 0 Å². The van der Waals surface area contributed by atoms with Crippen LogP contribution in [0.1, 0.15) is 55.6 Å². The van der Waals surface area contributed by atoms with Crippen LogP contribution in [0.4, 0.5) is 0 Å². The lowest BCUT2D eigenvalue weighted by Crippen LogP contribution is -2.33. The number of hydrogen-bond donors (Lipinski definition) is 1. The van der Waals surface area contributed by atoms with Crippen molar-refractivity contribution in [2.75, 3.05) is 33.3 Å². The van der Waals surface area contributed by atoms with Gasteiger partial charge >= 0.3 is 5.97 Å². The summed E-state index contributed by atoms with van der Waals surface area (Å²) in [5.41, 5.74) is 2.93. The van der Waals surface area contributed by atoms with Crippen molar-refractivity contribution in [3.05, 3.63) is 35.4 Å². The molecule has 138 valence electrons. The topological polar surface area (TPSA) is 41.6 Å². The van der Waals surface area contributed by atoms with Gasteiger partial charge in [-0.05, 0) is 81.2 Å². The Morgan fingerprint density at radius 2 is 1.80 bits per heavy atom. The van der Waals surface area contributed by atoms with Crippen molar-refractivity contribution in [3.63, 3.8) is 0 Å². The standard InChI is InChI=1S/C21H32N2O2/c1-25-21(24)7-4-17-10-14-23(15-11-17)16-18-2-5-19(6-3-18)20-8-12-22-13-9-20/h2-3,5-6,17,20,22H,4,7-16H2,1H3. The van der Waals surface area contributed by atoms with Crippen LogP contribution in [-0.4, -0.2) is 44.2 Å². The van der Waals surface area contributed by atoms with Crippen molar-refractivity contribution in [2.45, 2.75) is 51.0 Å². The number of nitrogens with zero attached hydrogens (tertiary/aromatic N) is 1. The molecule has 0 radical (unpaired) electrons. The highest BCUT2D eigenvalue weighted by molar-refractivity contribution is 5.69. The molecule has 0 aromatic heterocycles. The minimum Gasteiger partial charge on any atom is -0.469 e. The smallest absolute Gasteiger partial charge is 0.305 e. The summed E-state index contributed by atoms with van der Waals surface area (Å²) in [6.45, 7) is 5.63. The van der Waals surface area contributed by atoms with E-state index in [9.17, 15) is 4.79 Å². The Balaban J connectivity index is 1.42. The van der Waals surface area contributed by atoms with E-state index in [1.165, 1.54) is 43.9 Å². The van der Waals surface area contributed by atoms with Gasteiger partial charge in [0, 0.05) is 13.0 Å². The number of esters is 1. The number of ether oxygens (including phenoxy) is 1. The van der Waals surface area contributed by atoms with Gasteiger partial charge in [-0.25, -0.2) is 0 Å². The maximum Gasteiger partial charge on any atom is 0.305 e. The number of methoxy groups -OCH3 is 1. The molecular weight excluding hydrogens is 312 g/mol. The Morgan fingerprint density at radius 3 is 2.44 bits per heavy atom. The molecule has 0 bridgehead atoms. The van der Waals surface area contributed by atoms with E-state index in [2.05, 4.69) is 34.5 Å². The molecule has 0 amide bonds. The molecule has 1 aromatic carbocycles. The summed E-state index contributed by atoms with van der Waals surface area (Å²) in [6.07, 6.45) is 6.47. The van der Waals surface area contributed by atoms with Gasteiger partial charge in [-0.3, -0.25) is 9.69 Å². The molecule has 1 aromatic rings. The Bertz CT molecular complexity index is 529. The number of rotatable bonds is 6. The molecule has 0 spiro atoms. The molecular formula is C21H32N2O2. The van der Waals surface area contributed by atoms with Crippen LogP contribution in [0.5, 0.6) is 0 Å². The fourth-order valence-electron chi connectivity index (χ4n) is 4.17. The number of hydrogen-bond acceptors (Lipinski definition) is 4. The van der Waals surface area contributed by atoms with Gasteiger partial charge in [0.25, 0.3) is 0 Å². The molecule has 2 fully saturated rings. The maximum absolute atomic E-state index is 11.3. The first-order chi connectivity index (χ1) is 12.2. The van der Waals surface area contributed by atoms with Gasteiger partial charge in [0.05, 0.1) is 7.11 Å². The molecule has 2 aliphatic rings. The van der Waals surface area contributed by atoms with Crippen LogP contribution in [0, 0.1) is 5.92 Å². The van der Waals surface area contributed by atoms with Crippen LogP contribution < -0.4 is 5.32 Å². The largest absolute Gasteiger partial charge is 0.469 e. The molecule has 0 atom stereocenters. The van der Waals surface area contributed by atoms with Crippen LogP contribution in [0.15, 0.2) is 24.3 Å². The molecule has 1 N–H and O–H groups in total. The molecule has 25 heavy (non-hydrogen) atoms. The van der Waals surface area contributed by atoms with E-state index in [0.29, 0.717) is 12.3 Å². The van der Waals surface area contributed by atoms with Gasteiger partial charge in [0.2, 0.25) is 0 Å². The van der Waals surface area contributed by atoms with Crippen LogP contribution in [-0.2, 0) is 16.1 Å². The average molecular weight is 344 g/mol. The maximum atomic E-state index is 11.3. The van der Waals surface area contributed by atoms with E-state index in [0.717, 1.165) is 45.1 Å². The second-order valence-electron chi connectivity index (χ2n) is 7.60.